The van der Waals surface area contributed by atoms with Crippen LogP contribution in [0.4, 0.5) is 0 Å². The van der Waals surface area contributed by atoms with E-state index in [0.29, 0.717) is 11.5 Å². The fourth-order valence-electron chi connectivity index (χ4n) is 8.10. The van der Waals surface area contributed by atoms with Crippen LogP contribution in [0.25, 0.3) is 71.8 Å². The Morgan fingerprint density at radius 2 is 0.895 bits per heavy atom. The van der Waals surface area contributed by atoms with Gasteiger partial charge in [-0.3, -0.25) is 0 Å². The number of hydrogen-bond donors (Lipinski definition) is 0. The second-order valence-electron chi connectivity index (χ2n) is 14.4. The summed E-state index contributed by atoms with van der Waals surface area (Å²) in [5.41, 5.74) is 13.7. The van der Waals surface area contributed by atoms with Crippen molar-refractivity contribution < 1.29 is 0 Å². The molecule has 0 spiro atoms. The fraction of sp³-hybridized carbons (Fsp3) is 0.0189. The summed E-state index contributed by atoms with van der Waals surface area (Å²) < 4.78 is 4.73. The molecule has 2 aromatic heterocycles. The Bertz CT molecular complexity index is 3180. The van der Waals surface area contributed by atoms with E-state index in [-0.39, 0.29) is 0 Å². The van der Waals surface area contributed by atoms with Gasteiger partial charge in [0.15, 0.2) is 5.84 Å². The van der Waals surface area contributed by atoms with Crippen molar-refractivity contribution in [3.05, 3.63) is 223 Å². The molecular weight excluding hydrogens is 693 g/mol. The van der Waals surface area contributed by atoms with Gasteiger partial charge >= 0.3 is 0 Å². The van der Waals surface area contributed by atoms with E-state index in [9.17, 15) is 0 Å². The van der Waals surface area contributed by atoms with Gasteiger partial charge in [-0.15, -0.1) is 0 Å². The topological polar surface area (TPSA) is 34.6 Å². The highest BCUT2D eigenvalue weighted by atomic mass is 15.0. The van der Waals surface area contributed by atoms with Crippen LogP contribution in [-0.2, 0) is 0 Å². The highest BCUT2D eigenvalue weighted by Crippen LogP contribution is 2.38. The number of aromatic nitrogens is 2. The number of para-hydroxylation sites is 3. The van der Waals surface area contributed by atoms with Gasteiger partial charge in [-0.25, -0.2) is 9.98 Å². The molecule has 0 fully saturated rings. The number of rotatable bonds is 7. The molecule has 270 valence electrons. The van der Waals surface area contributed by atoms with E-state index in [1.807, 2.05) is 55.5 Å². The maximum Gasteiger partial charge on any atom is 0.160 e. The molecule has 4 heteroatoms. The molecule has 0 N–H and O–H groups in total. The number of nitrogens with zero attached hydrogens (tertiary/aromatic N) is 4. The van der Waals surface area contributed by atoms with Gasteiger partial charge in [0.1, 0.15) is 0 Å². The van der Waals surface area contributed by atoms with E-state index in [1.54, 1.807) is 0 Å². The molecule has 0 saturated carbocycles. The summed E-state index contributed by atoms with van der Waals surface area (Å²) in [6, 6.07) is 70.5. The van der Waals surface area contributed by atoms with E-state index in [0.717, 1.165) is 50.4 Å². The smallest absolute Gasteiger partial charge is 0.160 e. The SMILES string of the molecule is C=C(N=C(N=C(C)c1ccccc1)c1ccccc1)c1cccc(-n2c3ccccc3c3ccc(-c4ccc5c(c4)c4ccccc4n5-c4ccccc4)cc32)c1. The number of aliphatic imine (C=N–C) groups is 2. The lowest BCUT2D eigenvalue weighted by molar-refractivity contribution is 1.18. The zero-order chi connectivity index (χ0) is 38.3. The van der Waals surface area contributed by atoms with Crippen molar-refractivity contribution in [1.29, 1.82) is 0 Å². The summed E-state index contributed by atoms with van der Waals surface area (Å²) in [5, 5.41) is 4.89. The lowest BCUT2D eigenvalue weighted by Crippen LogP contribution is -2.04. The highest BCUT2D eigenvalue weighted by molar-refractivity contribution is 6.14. The van der Waals surface area contributed by atoms with Crippen LogP contribution in [0.2, 0.25) is 0 Å². The minimum absolute atomic E-state index is 0.623. The fourth-order valence-corrected chi connectivity index (χ4v) is 8.10. The van der Waals surface area contributed by atoms with Crippen molar-refractivity contribution >= 4 is 60.9 Å². The molecule has 0 radical (unpaired) electrons. The molecule has 0 atom stereocenters. The van der Waals surface area contributed by atoms with E-state index < -0.39 is 0 Å². The van der Waals surface area contributed by atoms with Gasteiger partial charge < -0.3 is 9.13 Å². The Morgan fingerprint density at radius 1 is 0.386 bits per heavy atom. The van der Waals surface area contributed by atoms with Crippen molar-refractivity contribution in [3.63, 3.8) is 0 Å². The second kappa shape index (κ2) is 14.3. The number of hydrogen-bond acceptors (Lipinski definition) is 1. The van der Waals surface area contributed by atoms with Gasteiger partial charge in [-0.1, -0.05) is 152 Å². The molecule has 0 saturated heterocycles. The van der Waals surface area contributed by atoms with E-state index in [2.05, 4.69) is 167 Å². The van der Waals surface area contributed by atoms with Crippen molar-refractivity contribution in [1.82, 2.24) is 9.13 Å². The van der Waals surface area contributed by atoms with Gasteiger partial charge in [-0.05, 0) is 78.2 Å². The normalized spacial score (nSPS) is 12.2. The van der Waals surface area contributed by atoms with Crippen LogP contribution >= 0.6 is 0 Å². The third-order valence-corrected chi connectivity index (χ3v) is 10.9. The van der Waals surface area contributed by atoms with Crippen molar-refractivity contribution in [2.75, 3.05) is 0 Å². The lowest BCUT2D eigenvalue weighted by Gasteiger charge is -2.12. The molecule has 57 heavy (non-hydrogen) atoms. The number of amidine groups is 1. The summed E-state index contributed by atoms with van der Waals surface area (Å²) in [6.07, 6.45) is 0. The van der Waals surface area contributed by atoms with Gasteiger partial charge in [0.05, 0.1) is 27.8 Å². The second-order valence-corrected chi connectivity index (χ2v) is 14.4. The molecular formula is C53H38N4. The summed E-state index contributed by atoms with van der Waals surface area (Å²) in [7, 11) is 0. The molecule has 4 nitrogen and oxygen atoms in total. The molecule has 2 heterocycles. The van der Waals surface area contributed by atoms with Crippen molar-refractivity contribution in [3.8, 4) is 22.5 Å². The molecule has 0 unspecified atom stereocenters. The van der Waals surface area contributed by atoms with Crippen molar-refractivity contribution in [2.24, 2.45) is 9.98 Å². The van der Waals surface area contributed by atoms with Gasteiger partial charge in [0.25, 0.3) is 0 Å². The van der Waals surface area contributed by atoms with E-state index >= 15 is 0 Å². The first-order chi connectivity index (χ1) is 28.1. The number of benzene rings is 8. The predicted octanol–water partition coefficient (Wildman–Crippen LogP) is 13.5. The first-order valence-corrected chi connectivity index (χ1v) is 19.3. The van der Waals surface area contributed by atoms with Gasteiger partial charge in [0, 0.05) is 49.8 Å². The van der Waals surface area contributed by atoms with Crippen LogP contribution in [0.15, 0.2) is 217 Å². The zero-order valence-electron chi connectivity index (χ0n) is 31.5. The average Bonchev–Trinajstić information content (AvgIpc) is 3.79. The van der Waals surface area contributed by atoms with Crippen LogP contribution in [-0.4, -0.2) is 20.7 Å². The molecule has 8 aromatic carbocycles. The average molecular weight is 731 g/mol. The molecule has 10 rings (SSSR count). The van der Waals surface area contributed by atoms with Gasteiger partial charge in [-0.2, -0.15) is 0 Å². The molecule has 0 bridgehead atoms. The van der Waals surface area contributed by atoms with Crippen LogP contribution < -0.4 is 0 Å². The molecule has 0 aliphatic rings. The first-order valence-electron chi connectivity index (χ1n) is 19.3. The van der Waals surface area contributed by atoms with E-state index in [1.165, 1.54) is 38.1 Å². The van der Waals surface area contributed by atoms with Crippen molar-refractivity contribution in [2.45, 2.75) is 6.92 Å². The Kier molecular flexibility index (Phi) is 8.50. The molecule has 0 aliphatic carbocycles. The Balaban J connectivity index is 1.09. The standard InChI is InChI=1S/C53H38N4/c1-36(38-17-6-3-7-18-38)54-53(39-19-8-4-9-20-39)55-37(2)40-21-16-24-44(33-40)57-49-27-14-12-25-45(49)47-31-29-42(35-52(47)57)41-30-32-51-48(34-41)46-26-13-15-28-50(46)56(51)43-22-10-5-11-23-43/h3-35H,2H2,1H3. The largest absolute Gasteiger partial charge is 0.309 e. The summed E-state index contributed by atoms with van der Waals surface area (Å²) >= 11 is 0. The van der Waals surface area contributed by atoms with Crippen LogP contribution in [0.5, 0.6) is 0 Å². The molecule has 0 aliphatic heterocycles. The maximum atomic E-state index is 5.07. The lowest BCUT2D eigenvalue weighted by atomic mass is 10.0. The summed E-state index contributed by atoms with van der Waals surface area (Å²) in [4.78, 5) is 10.1. The van der Waals surface area contributed by atoms with Crippen LogP contribution in [0, 0.1) is 0 Å². The van der Waals surface area contributed by atoms with Crippen LogP contribution in [0.3, 0.4) is 0 Å². The van der Waals surface area contributed by atoms with Crippen LogP contribution in [0.1, 0.15) is 23.6 Å². The van der Waals surface area contributed by atoms with Gasteiger partial charge in [0.2, 0.25) is 0 Å². The first kappa shape index (κ1) is 34.0. The summed E-state index contributed by atoms with van der Waals surface area (Å²) in [6.45, 7) is 6.49. The third-order valence-electron chi connectivity index (χ3n) is 10.9. The minimum atomic E-state index is 0.623. The monoisotopic (exact) mass is 730 g/mol. The Labute approximate surface area is 331 Å². The summed E-state index contributed by atoms with van der Waals surface area (Å²) in [5.74, 6) is 0.623. The zero-order valence-corrected chi connectivity index (χ0v) is 31.5. The molecule has 0 amide bonds. The Hall–Kier alpha value is -7.56. The molecule has 10 aromatic rings. The minimum Gasteiger partial charge on any atom is -0.309 e. The highest BCUT2D eigenvalue weighted by Gasteiger charge is 2.17. The predicted molar refractivity (Wildman–Crippen MR) is 241 cm³/mol. The quantitative estimate of drug-likeness (QED) is 0.116. The third kappa shape index (κ3) is 6.14. The Morgan fingerprint density at radius 3 is 1.61 bits per heavy atom. The maximum absolute atomic E-state index is 5.07. The van der Waals surface area contributed by atoms with E-state index in [4.69, 9.17) is 9.98 Å². The number of fused-ring (bicyclic) bond motifs is 6.